The Labute approximate surface area is 89.5 Å². The lowest BCUT2D eigenvalue weighted by molar-refractivity contribution is 0.574. The Morgan fingerprint density at radius 2 is 2.06 bits per heavy atom. The van der Waals surface area contributed by atoms with Gasteiger partial charge in [-0.15, -0.1) is 0 Å². The molecular formula is C10H6F2N4. The lowest BCUT2D eigenvalue weighted by atomic mass is 10.3. The summed E-state index contributed by atoms with van der Waals surface area (Å²) in [5.41, 5.74) is 5.62. The summed E-state index contributed by atoms with van der Waals surface area (Å²) in [6, 6.07) is 6.11. The van der Waals surface area contributed by atoms with Crippen molar-refractivity contribution in [2.75, 3.05) is 5.73 Å². The van der Waals surface area contributed by atoms with Crippen molar-refractivity contribution in [3.05, 3.63) is 41.6 Å². The van der Waals surface area contributed by atoms with Crippen molar-refractivity contribution < 1.29 is 8.78 Å². The number of aromatic nitrogens is 2. The molecule has 0 radical (unpaired) electrons. The van der Waals surface area contributed by atoms with Gasteiger partial charge in [0, 0.05) is 12.1 Å². The zero-order valence-electron chi connectivity index (χ0n) is 7.98. The molecule has 1 aromatic heterocycles. The zero-order valence-corrected chi connectivity index (χ0v) is 7.98. The minimum atomic E-state index is -0.792. The van der Waals surface area contributed by atoms with Gasteiger partial charge in [-0.2, -0.15) is 10.4 Å². The molecule has 6 heteroatoms. The molecule has 2 N–H and O–H groups in total. The number of nitriles is 1. The average Bonchev–Trinajstić information content (AvgIpc) is 2.60. The number of hydrogen-bond donors (Lipinski definition) is 1. The molecule has 2 rings (SSSR count). The van der Waals surface area contributed by atoms with Crippen molar-refractivity contribution in [3.8, 4) is 11.8 Å². The summed E-state index contributed by atoms with van der Waals surface area (Å²) >= 11 is 0. The number of nitrogens with two attached hydrogens (primary N) is 1. The molecule has 0 fully saturated rings. The van der Waals surface area contributed by atoms with Crippen LogP contribution in [-0.2, 0) is 0 Å². The van der Waals surface area contributed by atoms with Crippen molar-refractivity contribution in [1.29, 1.82) is 5.26 Å². The van der Waals surface area contributed by atoms with E-state index in [0.717, 1.165) is 16.8 Å². The summed E-state index contributed by atoms with van der Waals surface area (Å²) in [4.78, 5) is 0. The van der Waals surface area contributed by atoms with Crippen molar-refractivity contribution in [2.45, 2.75) is 0 Å². The molecule has 2 aromatic rings. The van der Waals surface area contributed by atoms with Crippen LogP contribution in [0.1, 0.15) is 5.69 Å². The standard InChI is InChI=1S/C10H6F2N4/c11-6-1-2-9(8(12)3-6)16-10(14)4-7(5-13)15-16/h1-4H,14H2. The van der Waals surface area contributed by atoms with E-state index >= 15 is 0 Å². The van der Waals surface area contributed by atoms with Gasteiger partial charge >= 0.3 is 0 Å². The van der Waals surface area contributed by atoms with Crippen LogP contribution in [0.2, 0.25) is 0 Å². The van der Waals surface area contributed by atoms with Crippen LogP contribution in [0.15, 0.2) is 24.3 Å². The van der Waals surface area contributed by atoms with Gasteiger partial charge in [0.15, 0.2) is 11.5 Å². The minimum absolute atomic E-state index is 0.000370. The van der Waals surface area contributed by atoms with E-state index in [1.54, 1.807) is 6.07 Å². The molecule has 0 spiro atoms. The van der Waals surface area contributed by atoms with Crippen LogP contribution in [0.3, 0.4) is 0 Å². The third kappa shape index (κ3) is 1.59. The number of hydrogen-bond acceptors (Lipinski definition) is 3. The van der Waals surface area contributed by atoms with Crippen LogP contribution in [0, 0.1) is 23.0 Å². The smallest absolute Gasteiger partial charge is 0.165 e. The average molecular weight is 220 g/mol. The van der Waals surface area contributed by atoms with E-state index in [0.29, 0.717) is 0 Å². The van der Waals surface area contributed by atoms with Crippen molar-refractivity contribution in [1.82, 2.24) is 9.78 Å². The van der Waals surface area contributed by atoms with Crippen LogP contribution in [-0.4, -0.2) is 9.78 Å². The molecule has 0 atom stereocenters. The van der Waals surface area contributed by atoms with Crippen LogP contribution < -0.4 is 5.73 Å². The number of benzene rings is 1. The Morgan fingerprint density at radius 3 is 2.62 bits per heavy atom. The van der Waals surface area contributed by atoms with Crippen molar-refractivity contribution in [2.24, 2.45) is 0 Å². The van der Waals surface area contributed by atoms with Crippen LogP contribution in [0.25, 0.3) is 5.69 Å². The minimum Gasteiger partial charge on any atom is -0.384 e. The maximum Gasteiger partial charge on any atom is 0.165 e. The number of rotatable bonds is 1. The molecule has 1 aromatic carbocycles. The number of nitrogens with zero attached hydrogens (tertiary/aromatic N) is 3. The predicted molar refractivity (Wildman–Crippen MR) is 52.6 cm³/mol. The molecule has 80 valence electrons. The Hall–Kier alpha value is -2.42. The highest BCUT2D eigenvalue weighted by Crippen LogP contribution is 2.18. The molecule has 0 aliphatic rings. The molecule has 0 amide bonds. The molecule has 0 aliphatic heterocycles. The Kier molecular flexibility index (Phi) is 2.29. The van der Waals surface area contributed by atoms with Crippen molar-refractivity contribution in [3.63, 3.8) is 0 Å². The second-order valence-corrected chi connectivity index (χ2v) is 3.07. The van der Waals surface area contributed by atoms with Gasteiger partial charge < -0.3 is 5.73 Å². The van der Waals surface area contributed by atoms with E-state index in [2.05, 4.69) is 5.10 Å². The van der Waals surface area contributed by atoms with Crippen LogP contribution >= 0.6 is 0 Å². The summed E-state index contributed by atoms with van der Waals surface area (Å²) in [7, 11) is 0. The van der Waals surface area contributed by atoms with E-state index in [4.69, 9.17) is 11.0 Å². The largest absolute Gasteiger partial charge is 0.384 e. The van der Waals surface area contributed by atoms with E-state index in [1.807, 2.05) is 0 Å². The fourth-order valence-corrected chi connectivity index (χ4v) is 1.30. The third-order valence-electron chi connectivity index (χ3n) is 1.99. The molecule has 0 saturated heterocycles. The first-order chi connectivity index (χ1) is 7.61. The lowest BCUT2D eigenvalue weighted by Crippen LogP contribution is -2.04. The van der Waals surface area contributed by atoms with Gasteiger partial charge in [0.2, 0.25) is 0 Å². The summed E-state index contributed by atoms with van der Waals surface area (Å²) in [6.07, 6.45) is 0. The Morgan fingerprint density at radius 1 is 1.31 bits per heavy atom. The van der Waals surface area contributed by atoms with E-state index < -0.39 is 11.6 Å². The maximum absolute atomic E-state index is 13.4. The SMILES string of the molecule is N#Cc1cc(N)n(-c2ccc(F)cc2F)n1. The monoisotopic (exact) mass is 220 g/mol. The molecule has 16 heavy (non-hydrogen) atoms. The van der Waals surface area contributed by atoms with Gasteiger partial charge in [-0.05, 0) is 12.1 Å². The highest BCUT2D eigenvalue weighted by atomic mass is 19.1. The fraction of sp³-hybridized carbons (Fsp3) is 0. The van der Waals surface area contributed by atoms with E-state index in [9.17, 15) is 8.78 Å². The molecule has 0 bridgehead atoms. The molecule has 1 heterocycles. The number of halogens is 2. The van der Waals surface area contributed by atoms with Crippen LogP contribution in [0.4, 0.5) is 14.6 Å². The topological polar surface area (TPSA) is 67.6 Å². The van der Waals surface area contributed by atoms with Crippen LogP contribution in [0.5, 0.6) is 0 Å². The summed E-state index contributed by atoms with van der Waals surface area (Å²) < 4.78 is 27.1. The maximum atomic E-state index is 13.4. The normalized spacial score (nSPS) is 10.1. The van der Waals surface area contributed by atoms with Crippen molar-refractivity contribution >= 4 is 5.82 Å². The van der Waals surface area contributed by atoms with Gasteiger partial charge in [0.25, 0.3) is 0 Å². The highest BCUT2D eigenvalue weighted by Gasteiger charge is 2.11. The predicted octanol–water partition coefficient (Wildman–Crippen LogP) is 1.60. The summed E-state index contributed by atoms with van der Waals surface area (Å²) in [6.45, 7) is 0. The quantitative estimate of drug-likeness (QED) is 0.793. The number of anilines is 1. The molecule has 0 saturated carbocycles. The Bertz CT molecular complexity index is 583. The Balaban J connectivity index is 2.59. The summed E-state index contributed by atoms with van der Waals surface area (Å²) in [5, 5.41) is 12.4. The molecule has 4 nitrogen and oxygen atoms in total. The lowest BCUT2D eigenvalue weighted by Gasteiger charge is -2.04. The first kappa shape index (κ1) is 10.1. The molecule has 0 aliphatic carbocycles. The van der Waals surface area contributed by atoms with Gasteiger partial charge in [-0.25, -0.2) is 13.5 Å². The zero-order chi connectivity index (χ0) is 11.7. The summed E-state index contributed by atoms with van der Waals surface area (Å²) in [5.74, 6) is -1.37. The van der Waals surface area contributed by atoms with E-state index in [-0.39, 0.29) is 17.2 Å². The molecule has 0 unspecified atom stereocenters. The van der Waals surface area contributed by atoms with E-state index in [1.165, 1.54) is 12.1 Å². The molecular weight excluding hydrogens is 214 g/mol. The third-order valence-corrected chi connectivity index (χ3v) is 1.99. The second kappa shape index (κ2) is 3.62. The van der Waals surface area contributed by atoms with Gasteiger partial charge in [-0.1, -0.05) is 0 Å². The first-order valence-electron chi connectivity index (χ1n) is 4.33. The second-order valence-electron chi connectivity index (χ2n) is 3.07. The van der Waals surface area contributed by atoms with Gasteiger partial charge in [0.1, 0.15) is 23.4 Å². The van der Waals surface area contributed by atoms with Gasteiger partial charge in [-0.3, -0.25) is 0 Å². The fourth-order valence-electron chi connectivity index (χ4n) is 1.30. The number of nitrogen functional groups attached to an aromatic ring is 1. The highest BCUT2D eigenvalue weighted by molar-refractivity contribution is 5.45. The van der Waals surface area contributed by atoms with Gasteiger partial charge in [0.05, 0.1) is 0 Å². The first-order valence-corrected chi connectivity index (χ1v) is 4.33.